The van der Waals surface area contributed by atoms with E-state index in [4.69, 9.17) is 5.11 Å². The highest BCUT2D eigenvalue weighted by atomic mass is 19.0. The molecule has 0 bridgehead atoms. The van der Waals surface area contributed by atoms with E-state index in [-0.39, 0.29) is 11.2 Å². The average molecular weight is 94.1 g/mol. The summed E-state index contributed by atoms with van der Waals surface area (Å²) in [7, 11) is 0. The van der Waals surface area contributed by atoms with Crippen molar-refractivity contribution < 1.29 is 14.6 Å². The number of hydrogen-bond acceptors (Lipinski definition) is 2. The van der Waals surface area contributed by atoms with Crippen LogP contribution in [0.1, 0.15) is 0 Å². The number of halogens is 1. The third-order valence-corrected chi connectivity index (χ3v) is 0.175. The lowest BCUT2D eigenvalue weighted by Crippen LogP contribution is -3.00. The molecule has 0 aliphatic carbocycles. The molecule has 0 heterocycles. The minimum Gasteiger partial charge on any atom is -1.00 e. The fourth-order valence-corrected chi connectivity index (χ4v) is 0. The van der Waals surface area contributed by atoms with Gasteiger partial charge in [-0.3, -0.25) is 4.79 Å². The molecule has 0 saturated carbocycles. The van der Waals surface area contributed by atoms with Gasteiger partial charge in [0.2, 0.25) is 0 Å². The van der Waals surface area contributed by atoms with Gasteiger partial charge in [-0.25, -0.2) is 0 Å². The molecule has 0 unspecified atom stereocenters. The van der Waals surface area contributed by atoms with Crippen molar-refractivity contribution in [2.75, 3.05) is 6.54 Å². The first-order chi connectivity index (χ1) is 2.27. The highest BCUT2D eigenvalue weighted by Gasteiger charge is 1.81. The van der Waals surface area contributed by atoms with Crippen LogP contribution in [0.3, 0.4) is 0 Å². The van der Waals surface area contributed by atoms with E-state index >= 15 is 0 Å². The molecule has 3 N–H and O–H groups in total. The van der Waals surface area contributed by atoms with Gasteiger partial charge in [0.25, 0.3) is 0 Å². The molecule has 0 rings (SSSR count). The fourth-order valence-electron chi connectivity index (χ4n) is 0. The number of rotatable bonds is 1. The van der Waals surface area contributed by atoms with E-state index in [0.29, 0.717) is 0 Å². The summed E-state index contributed by atoms with van der Waals surface area (Å²) in [6.45, 7) is -0.278. The molecule has 6 heavy (non-hydrogen) atoms. The van der Waals surface area contributed by atoms with Crippen LogP contribution in [-0.4, -0.2) is 17.6 Å². The third kappa shape index (κ3) is 10.1. The Morgan fingerprint density at radius 2 is 2.00 bits per heavy atom. The van der Waals surface area contributed by atoms with Crippen LogP contribution in [0.4, 0.5) is 0 Å². The number of carboxylic acid groups (broad SMARTS) is 1. The zero-order valence-electron chi connectivity index (χ0n) is 3.02. The highest BCUT2D eigenvalue weighted by Crippen LogP contribution is 1.43. The van der Waals surface area contributed by atoms with E-state index < -0.39 is 5.97 Å². The molecule has 4 heteroatoms. The molecule has 0 aromatic heterocycles. The first-order valence-corrected chi connectivity index (χ1v) is 1.19. The molecule has 0 spiro atoms. The van der Waals surface area contributed by atoms with Gasteiger partial charge in [0, 0.05) is 0 Å². The Bertz CT molecular complexity index is 46.8. The normalized spacial score (nSPS) is 6.17. The lowest BCUT2D eigenvalue weighted by Gasteiger charge is -1.73. The van der Waals surface area contributed by atoms with Crippen molar-refractivity contribution in [3.8, 4) is 0 Å². The topological polar surface area (TPSA) is 63.3 Å². The number of carboxylic acids is 1. The predicted molar refractivity (Wildman–Crippen MR) is 16.7 cm³/mol. The Balaban J connectivity index is 0. The number of carbonyl (C=O) groups is 1. The van der Waals surface area contributed by atoms with Gasteiger partial charge in [-0.2, -0.15) is 0 Å². The molecule has 0 aromatic rings. The quantitative estimate of drug-likeness (QED) is 0.348. The Morgan fingerprint density at radius 3 is 2.00 bits per heavy atom. The molecular formula is C2H5FNO2-. The van der Waals surface area contributed by atoms with Crippen molar-refractivity contribution in [3.63, 3.8) is 0 Å². The van der Waals surface area contributed by atoms with Crippen molar-refractivity contribution in [1.29, 1.82) is 0 Å². The number of hydrogen-bond donors (Lipinski definition) is 2. The molecule has 0 aliphatic rings. The summed E-state index contributed by atoms with van der Waals surface area (Å²) in [6.07, 6.45) is 0. The zero-order chi connectivity index (χ0) is 4.28. The minimum absolute atomic E-state index is 0. The van der Waals surface area contributed by atoms with Crippen LogP contribution in [0.5, 0.6) is 0 Å². The summed E-state index contributed by atoms with van der Waals surface area (Å²) in [5, 5.41) is 7.60. The maximum Gasteiger partial charge on any atom is 0.317 e. The summed E-state index contributed by atoms with van der Waals surface area (Å²) >= 11 is 0. The van der Waals surface area contributed by atoms with Gasteiger partial charge < -0.3 is 15.5 Å². The highest BCUT2D eigenvalue weighted by molar-refractivity contribution is 5.68. The van der Waals surface area contributed by atoms with E-state index in [1.54, 1.807) is 0 Å². The SMILES string of the molecule is NCC(=O)O.[F-]. The average Bonchev–Trinajstić information content (AvgIpc) is 1.38. The molecule has 0 radical (unpaired) electrons. The second-order valence-electron chi connectivity index (χ2n) is 0.598. The van der Waals surface area contributed by atoms with Crippen molar-refractivity contribution in [2.24, 2.45) is 5.73 Å². The minimum atomic E-state index is -0.968. The summed E-state index contributed by atoms with van der Waals surface area (Å²) in [5.41, 5.74) is 4.57. The zero-order valence-corrected chi connectivity index (χ0v) is 3.02. The Morgan fingerprint density at radius 1 is 1.83 bits per heavy atom. The summed E-state index contributed by atoms with van der Waals surface area (Å²) in [5.74, 6) is -0.968. The maximum atomic E-state index is 9.24. The number of aliphatic carboxylic acids is 1. The van der Waals surface area contributed by atoms with Gasteiger partial charge in [-0.05, 0) is 0 Å². The lowest BCUT2D eigenvalue weighted by molar-refractivity contribution is -0.135. The Hall–Kier alpha value is -0.640. The van der Waals surface area contributed by atoms with E-state index in [1.807, 2.05) is 0 Å². The Labute approximate surface area is 34.1 Å². The van der Waals surface area contributed by atoms with Gasteiger partial charge in [-0.1, -0.05) is 0 Å². The van der Waals surface area contributed by atoms with Gasteiger partial charge in [0.1, 0.15) is 0 Å². The van der Waals surface area contributed by atoms with Crippen LogP contribution in [0.2, 0.25) is 0 Å². The number of nitrogens with two attached hydrogens (primary N) is 1. The van der Waals surface area contributed by atoms with Crippen molar-refractivity contribution >= 4 is 5.97 Å². The lowest BCUT2D eigenvalue weighted by atomic mass is 10.7. The molecule has 0 aliphatic heterocycles. The van der Waals surface area contributed by atoms with Crippen LogP contribution in [0.25, 0.3) is 0 Å². The van der Waals surface area contributed by atoms with Crippen molar-refractivity contribution in [1.82, 2.24) is 0 Å². The smallest absolute Gasteiger partial charge is 0.317 e. The van der Waals surface area contributed by atoms with Crippen molar-refractivity contribution in [2.45, 2.75) is 0 Å². The second kappa shape index (κ2) is 4.36. The van der Waals surface area contributed by atoms with Crippen LogP contribution in [-0.2, 0) is 4.79 Å². The summed E-state index contributed by atoms with van der Waals surface area (Å²) in [4.78, 5) is 9.24. The van der Waals surface area contributed by atoms with Crippen LogP contribution in [0.15, 0.2) is 0 Å². The van der Waals surface area contributed by atoms with Crippen LogP contribution in [0, 0.1) is 0 Å². The van der Waals surface area contributed by atoms with E-state index in [0.717, 1.165) is 0 Å². The van der Waals surface area contributed by atoms with Crippen molar-refractivity contribution in [3.05, 3.63) is 0 Å². The molecule has 0 aromatic carbocycles. The molecule has 38 valence electrons. The Kier molecular flexibility index (Phi) is 6.56. The molecule has 3 nitrogen and oxygen atoms in total. The van der Waals surface area contributed by atoms with Gasteiger partial charge in [0.15, 0.2) is 0 Å². The van der Waals surface area contributed by atoms with E-state index in [2.05, 4.69) is 5.73 Å². The summed E-state index contributed by atoms with van der Waals surface area (Å²) in [6, 6.07) is 0. The van der Waals surface area contributed by atoms with Gasteiger partial charge in [-0.15, -0.1) is 0 Å². The first-order valence-electron chi connectivity index (χ1n) is 1.19. The molecule has 0 atom stereocenters. The van der Waals surface area contributed by atoms with E-state index in [9.17, 15) is 4.79 Å². The first kappa shape index (κ1) is 9.03. The standard InChI is InChI=1S/C2H5NO2.FH/c3-1-2(4)5;/h1,3H2,(H,4,5);1H/p-1. The molecule has 0 fully saturated rings. The van der Waals surface area contributed by atoms with Crippen LogP contribution >= 0.6 is 0 Å². The summed E-state index contributed by atoms with van der Waals surface area (Å²) < 4.78 is 0. The largest absolute Gasteiger partial charge is 1.00 e. The molecule has 0 amide bonds. The third-order valence-electron chi connectivity index (χ3n) is 0.175. The predicted octanol–water partition coefficient (Wildman–Crippen LogP) is -3.97. The second-order valence-corrected chi connectivity index (χ2v) is 0.598. The van der Waals surface area contributed by atoms with Gasteiger partial charge >= 0.3 is 5.97 Å². The van der Waals surface area contributed by atoms with Crippen LogP contribution < -0.4 is 10.4 Å². The van der Waals surface area contributed by atoms with E-state index in [1.165, 1.54) is 0 Å². The molecular weight excluding hydrogens is 89.0 g/mol. The fraction of sp³-hybridized carbons (Fsp3) is 0.500. The van der Waals surface area contributed by atoms with Gasteiger partial charge in [0.05, 0.1) is 6.54 Å². The molecule has 0 saturated heterocycles. The monoisotopic (exact) mass is 94.0 g/mol. The maximum absolute atomic E-state index is 9.24.